The molecule has 5 rings (SSSR count). The first-order valence-electron chi connectivity index (χ1n) is 7.80. The average Bonchev–Trinajstić information content (AvgIpc) is 2.99. The molecule has 3 aromatic carbocycles. The van der Waals surface area contributed by atoms with E-state index >= 15 is 0 Å². The number of halogens is 2. The van der Waals surface area contributed by atoms with Gasteiger partial charge in [0.1, 0.15) is 0 Å². The van der Waals surface area contributed by atoms with E-state index in [4.69, 9.17) is 0 Å². The molecule has 0 spiro atoms. The molecule has 0 saturated carbocycles. The second-order valence-electron chi connectivity index (χ2n) is 6.33. The van der Waals surface area contributed by atoms with Gasteiger partial charge in [-0.05, 0) is 48.5 Å². The molecule has 118 valence electrons. The van der Waals surface area contributed by atoms with Crippen molar-refractivity contribution in [2.75, 3.05) is 0 Å². The van der Waals surface area contributed by atoms with Gasteiger partial charge in [-0.2, -0.15) is 0 Å². The maximum atomic E-state index is 3.61. The molecule has 5 aromatic rings. The molecular formula is C20H14Br2N2. The van der Waals surface area contributed by atoms with Crippen molar-refractivity contribution in [2.24, 2.45) is 14.1 Å². The summed E-state index contributed by atoms with van der Waals surface area (Å²) in [5.41, 5.74) is 5.05. The molecule has 2 nitrogen and oxygen atoms in total. The van der Waals surface area contributed by atoms with Crippen molar-refractivity contribution in [3.8, 4) is 0 Å². The van der Waals surface area contributed by atoms with Gasteiger partial charge in [0.15, 0.2) is 0 Å². The van der Waals surface area contributed by atoms with E-state index in [1.165, 1.54) is 43.6 Å². The fraction of sp³-hybridized carbons (Fsp3) is 0.100. The van der Waals surface area contributed by atoms with E-state index in [-0.39, 0.29) is 0 Å². The molecule has 0 saturated heterocycles. The summed E-state index contributed by atoms with van der Waals surface area (Å²) < 4.78 is 6.80. The van der Waals surface area contributed by atoms with Crippen LogP contribution in [0.2, 0.25) is 0 Å². The van der Waals surface area contributed by atoms with Crippen LogP contribution in [0.5, 0.6) is 0 Å². The minimum absolute atomic E-state index is 1.11. The van der Waals surface area contributed by atoms with Gasteiger partial charge in [0.2, 0.25) is 0 Å². The van der Waals surface area contributed by atoms with E-state index in [1.807, 2.05) is 0 Å². The third-order valence-corrected chi connectivity index (χ3v) is 6.04. The van der Waals surface area contributed by atoms with Crippen LogP contribution in [-0.2, 0) is 14.1 Å². The number of benzene rings is 3. The summed E-state index contributed by atoms with van der Waals surface area (Å²) in [6, 6.07) is 17.6. The molecule has 0 aliphatic rings. The van der Waals surface area contributed by atoms with Gasteiger partial charge >= 0.3 is 0 Å². The second-order valence-corrected chi connectivity index (χ2v) is 8.16. The number of hydrogen-bond acceptors (Lipinski definition) is 0. The maximum absolute atomic E-state index is 3.61. The zero-order valence-corrected chi connectivity index (χ0v) is 16.4. The van der Waals surface area contributed by atoms with Crippen LogP contribution < -0.4 is 0 Å². The Morgan fingerprint density at radius 1 is 0.542 bits per heavy atom. The second kappa shape index (κ2) is 4.87. The van der Waals surface area contributed by atoms with Gasteiger partial charge in [-0.15, -0.1) is 0 Å². The Bertz CT molecular complexity index is 1190. The largest absolute Gasteiger partial charge is 0.344 e. The van der Waals surface area contributed by atoms with E-state index < -0.39 is 0 Å². The maximum Gasteiger partial charge on any atom is 0.0496 e. The third-order valence-electron chi connectivity index (χ3n) is 5.06. The highest BCUT2D eigenvalue weighted by Crippen LogP contribution is 2.37. The fourth-order valence-electron chi connectivity index (χ4n) is 3.86. The summed E-state index contributed by atoms with van der Waals surface area (Å²) >= 11 is 7.22. The van der Waals surface area contributed by atoms with E-state index in [0.29, 0.717) is 0 Å². The molecule has 2 aromatic heterocycles. The molecule has 0 aliphatic carbocycles. The molecule has 24 heavy (non-hydrogen) atoms. The Hall–Kier alpha value is -1.78. The molecule has 0 atom stereocenters. The number of fused-ring (bicyclic) bond motifs is 6. The van der Waals surface area contributed by atoms with E-state index in [1.54, 1.807) is 0 Å². The Labute approximate surface area is 155 Å². The fourth-order valence-corrected chi connectivity index (χ4v) is 4.58. The van der Waals surface area contributed by atoms with E-state index in [2.05, 4.69) is 104 Å². The van der Waals surface area contributed by atoms with Crippen LogP contribution in [0, 0.1) is 0 Å². The number of rotatable bonds is 0. The SMILES string of the molecule is Cn1c2ccc(Br)cc2c2cc3c(cc21)c1cc(Br)ccc1n3C. The van der Waals surface area contributed by atoms with Crippen LogP contribution in [0.15, 0.2) is 57.5 Å². The summed E-state index contributed by atoms with van der Waals surface area (Å²) in [5.74, 6) is 0. The summed E-state index contributed by atoms with van der Waals surface area (Å²) in [4.78, 5) is 0. The summed E-state index contributed by atoms with van der Waals surface area (Å²) in [5, 5.41) is 5.17. The lowest BCUT2D eigenvalue weighted by atomic mass is 10.1. The molecule has 0 N–H and O–H groups in total. The van der Waals surface area contributed by atoms with Gasteiger partial charge in [0, 0.05) is 66.7 Å². The van der Waals surface area contributed by atoms with Crippen LogP contribution in [0.3, 0.4) is 0 Å². The first kappa shape index (κ1) is 14.6. The number of hydrogen-bond donors (Lipinski definition) is 0. The molecule has 0 amide bonds. The van der Waals surface area contributed by atoms with Gasteiger partial charge in [-0.3, -0.25) is 0 Å². The van der Waals surface area contributed by atoms with Crippen LogP contribution in [0.25, 0.3) is 43.6 Å². The standard InChI is InChI=1S/C20H14Br2N2/c1-23-17-5-3-11(21)7-13(17)15-10-20-16(9-19(15)23)14-8-12(22)4-6-18(14)24(20)2/h3-10H,1-2H3. The normalized spacial score (nSPS) is 12.2. The van der Waals surface area contributed by atoms with Crippen LogP contribution in [0.4, 0.5) is 0 Å². The summed E-state index contributed by atoms with van der Waals surface area (Å²) in [6.45, 7) is 0. The zero-order valence-electron chi connectivity index (χ0n) is 13.3. The number of nitrogens with zero attached hydrogens (tertiary/aromatic N) is 2. The molecule has 0 aliphatic heterocycles. The average molecular weight is 442 g/mol. The van der Waals surface area contributed by atoms with Gasteiger partial charge in [-0.1, -0.05) is 31.9 Å². The van der Waals surface area contributed by atoms with Crippen LogP contribution >= 0.6 is 31.9 Å². The Balaban J connectivity index is 2.06. The summed E-state index contributed by atoms with van der Waals surface area (Å²) in [7, 11) is 4.29. The highest BCUT2D eigenvalue weighted by molar-refractivity contribution is 9.10. The topological polar surface area (TPSA) is 9.86 Å². The predicted molar refractivity (Wildman–Crippen MR) is 110 cm³/mol. The Kier molecular flexibility index (Phi) is 2.95. The highest BCUT2D eigenvalue weighted by atomic mass is 79.9. The van der Waals surface area contributed by atoms with Crippen molar-refractivity contribution in [2.45, 2.75) is 0 Å². The third kappa shape index (κ3) is 1.81. The Morgan fingerprint density at radius 2 is 0.917 bits per heavy atom. The lowest BCUT2D eigenvalue weighted by molar-refractivity contribution is 1.01. The number of aryl methyl sites for hydroxylation is 2. The zero-order chi connectivity index (χ0) is 16.6. The van der Waals surface area contributed by atoms with E-state index in [0.717, 1.165) is 8.95 Å². The lowest BCUT2D eigenvalue weighted by Crippen LogP contribution is -1.87. The van der Waals surface area contributed by atoms with Crippen molar-refractivity contribution < 1.29 is 0 Å². The minimum atomic E-state index is 1.11. The van der Waals surface area contributed by atoms with Crippen molar-refractivity contribution in [3.05, 3.63) is 57.5 Å². The molecule has 0 unspecified atom stereocenters. The molecule has 0 radical (unpaired) electrons. The van der Waals surface area contributed by atoms with Crippen molar-refractivity contribution in [1.82, 2.24) is 9.13 Å². The predicted octanol–water partition coefficient (Wildman–Crippen LogP) is 6.50. The van der Waals surface area contributed by atoms with E-state index in [9.17, 15) is 0 Å². The first-order chi connectivity index (χ1) is 11.5. The molecular weight excluding hydrogens is 428 g/mol. The lowest BCUT2D eigenvalue weighted by Gasteiger charge is -2.00. The van der Waals surface area contributed by atoms with Crippen LogP contribution in [0.1, 0.15) is 0 Å². The first-order valence-corrected chi connectivity index (χ1v) is 9.38. The molecule has 4 heteroatoms. The van der Waals surface area contributed by atoms with Crippen molar-refractivity contribution >= 4 is 75.5 Å². The van der Waals surface area contributed by atoms with Gasteiger partial charge in [-0.25, -0.2) is 0 Å². The van der Waals surface area contributed by atoms with Gasteiger partial charge in [0.25, 0.3) is 0 Å². The molecule has 0 bridgehead atoms. The van der Waals surface area contributed by atoms with Crippen LogP contribution in [-0.4, -0.2) is 9.13 Å². The minimum Gasteiger partial charge on any atom is -0.344 e. The highest BCUT2D eigenvalue weighted by Gasteiger charge is 2.14. The molecule has 0 fully saturated rings. The van der Waals surface area contributed by atoms with Gasteiger partial charge < -0.3 is 9.13 Å². The van der Waals surface area contributed by atoms with Gasteiger partial charge in [0.05, 0.1) is 0 Å². The Morgan fingerprint density at radius 3 is 1.33 bits per heavy atom. The summed E-state index contributed by atoms with van der Waals surface area (Å²) in [6.07, 6.45) is 0. The molecule has 2 heterocycles. The monoisotopic (exact) mass is 440 g/mol. The van der Waals surface area contributed by atoms with Crippen molar-refractivity contribution in [1.29, 1.82) is 0 Å². The smallest absolute Gasteiger partial charge is 0.0496 e. The number of aromatic nitrogens is 2. The van der Waals surface area contributed by atoms with Crippen molar-refractivity contribution in [3.63, 3.8) is 0 Å². The quantitative estimate of drug-likeness (QED) is 0.259.